The first-order valence-electron chi connectivity index (χ1n) is 10.4. The van der Waals surface area contributed by atoms with E-state index in [2.05, 4.69) is 25.0 Å². The van der Waals surface area contributed by atoms with Crippen molar-refractivity contribution in [3.05, 3.63) is 102 Å². The molecule has 0 aliphatic carbocycles. The molecule has 2 aromatic heterocycles. The van der Waals surface area contributed by atoms with E-state index < -0.39 is 0 Å². The second kappa shape index (κ2) is 8.11. The lowest BCUT2D eigenvalue weighted by atomic mass is 10.1. The highest BCUT2D eigenvalue weighted by atomic mass is 16.1. The van der Waals surface area contributed by atoms with Gasteiger partial charge in [-0.1, -0.05) is 30.3 Å². The summed E-state index contributed by atoms with van der Waals surface area (Å²) in [5.41, 5.74) is 5.33. The van der Waals surface area contributed by atoms with Gasteiger partial charge in [0.25, 0.3) is 5.91 Å². The lowest BCUT2D eigenvalue weighted by Crippen LogP contribution is -2.26. The molecule has 1 amide bonds. The summed E-state index contributed by atoms with van der Waals surface area (Å²) in [5.74, 6) is 0.747. The molecule has 0 aliphatic rings. The number of aryl methyl sites for hydroxylation is 1. The second-order valence-electron chi connectivity index (χ2n) is 7.66. The Labute approximate surface area is 185 Å². The Hall–Kier alpha value is -4.26. The van der Waals surface area contributed by atoms with Crippen LogP contribution in [0.5, 0.6) is 0 Å². The fourth-order valence-electron chi connectivity index (χ4n) is 3.87. The van der Waals surface area contributed by atoms with Gasteiger partial charge in [-0.2, -0.15) is 5.10 Å². The average Bonchev–Trinajstić information content (AvgIpc) is 3.46. The number of imidazole rings is 1. The highest BCUT2D eigenvalue weighted by molar-refractivity contribution is 5.97. The van der Waals surface area contributed by atoms with Crippen molar-refractivity contribution in [2.75, 3.05) is 0 Å². The van der Waals surface area contributed by atoms with Gasteiger partial charge in [0.1, 0.15) is 18.5 Å². The maximum atomic E-state index is 12.9. The summed E-state index contributed by atoms with van der Waals surface area (Å²) in [6.45, 7) is 3.94. The molecule has 0 fully saturated rings. The van der Waals surface area contributed by atoms with Crippen LogP contribution < -0.4 is 5.32 Å². The van der Waals surface area contributed by atoms with Crippen molar-refractivity contribution >= 4 is 16.9 Å². The van der Waals surface area contributed by atoms with E-state index in [9.17, 15) is 4.79 Å². The Kier molecular flexibility index (Phi) is 4.99. The number of nitrogens with zero attached hydrogens (tertiary/aromatic N) is 5. The van der Waals surface area contributed by atoms with Gasteiger partial charge in [0.05, 0.1) is 22.8 Å². The van der Waals surface area contributed by atoms with E-state index in [-0.39, 0.29) is 11.9 Å². The van der Waals surface area contributed by atoms with E-state index in [4.69, 9.17) is 0 Å². The van der Waals surface area contributed by atoms with Gasteiger partial charge >= 0.3 is 0 Å². The molecule has 2 heterocycles. The van der Waals surface area contributed by atoms with Gasteiger partial charge in [-0.15, -0.1) is 0 Å². The van der Waals surface area contributed by atoms with Crippen molar-refractivity contribution < 1.29 is 4.79 Å². The molecule has 0 radical (unpaired) electrons. The number of fused-ring (bicyclic) bond motifs is 1. The van der Waals surface area contributed by atoms with E-state index in [1.165, 1.54) is 6.33 Å². The molecular weight excluding hydrogens is 400 g/mol. The predicted molar refractivity (Wildman–Crippen MR) is 123 cm³/mol. The molecule has 3 aromatic carbocycles. The maximum Gasteiger partial charge on any atom is 0.251 e. The first-order valence-corrected chi connectivity index (χ1v) is 10.4. The molecule has 0 spiro atoms. The van der Waals surface area contributed by atoms with Crippen LogP contribution in [0.2, 0.25) is 0 Å². The summed E-state index contributed by atoms with van der Waals surface area (Å²) in [5, 5.41) is 7.21. The monoisotopic (exact) mass is 422 g/mol. The van der Waals surface area contributed by atoms with E-state index in [0.717, 1.165) is 33.8 Å². The van der Waals surface area contributed by atoms with Gasteiger partial charge in [0.2, 0.25) is 0 Å². The van der Waals surface area contributed by atoms with Crippen molar-refractivity contribution in [3.63, 3.8) is 0 Å². The third kappa shape index (κ3) is 3.65. The molecule has 1 unspecified atom stereocenters. The third-order valence-corrected chi connectivity index (χ3v) is 5.52. The molecule has 158 valence electrons. The average molecular weight is 422 g/mol. The zero-order valence-electron chi connectivity index (χ0n) is 17.8. The maximum absolute atomic E-state index is 12.9. The Morgan fingerprint density at radius 3 is 2.47 bits per heavy atom. The molecule has 0 saturated carbocycles. The first-order chi connectivity index (χ1) is 15.6. The number of carbonyl (C=O) groups is 1. The zero-order chi connectivity index (χ0) is 22.1. The topological polar surface area (TPSA) is 77.6 Å². The molecule has 0 aliphatic heterocycles. The SMILES string of the molecule is Cc1nc2cc(C(=O)NC(C)c3ccc(-n4cncn4)cc3)ccc2n1-c1ccccc1. The molecule has 0 bridgehead atoms. The minimum Gasteiger partial charge on any atom is -0.346 e. The van der Waals surface area contributed by atoms with E-state index in [1.54, 1.807) is 11.0 Å². The minimum absolute atomic E-state index is 0.133. The highest BCUT2D eigenvalue weighted by Gasteiger charge is 2.15. The van der Waals surface area contributed by atoms with Crippen molar-refractivity contribution in [1.82, 2.24) is 29.6 Å². The summed E-state index contributed by atoms with van der Waals surface area (Å²) in [7, 11) is 0. The smallest absolute Gasteiger partial charge is 0.251 e. The number of nitrogens with one attached hydrogen (secondary N) is 1. The lowest BCUT2D eigenvalue weighted by Gasteiger charge is -2.15. The van der Waals surface area contributed by atoms with Crippen LogP contribution in [0.1, 0.15) is 34.7 Å². The summed E-state index contributed by atoms with van der Waals surface area (Å²) < 4.78 is 3.79. The van der Waals surface area contributed by atoms with Crippen molar-refractivity contribution in [2.24, 2.45) is 0 Å². The first kappa shape index (κ1) is 19.7. The van der Waals surface area contributed by atoms with Crippen LogP contribution in [-0.4, -0.2) is 30.2 Å². The fraction of sp³-hybridized carbons (Fsp3) is 0.120. The van der Waals surface area contributed by atoms with Gasteiger partial charge in [0.15, 0.2) is 0 Å². The summed E-state index contributed by atoms with van der Waals surface area (Å²) in [6, 6.07) is 23.5. The van der Waals surface area contributed by atoms with Crippen LogP contribution in [0.4, 0.5) is 0 Å². The second-order valence-corrected chi connectivity index (χ2v) is 7.66. The summed E-state index contributed by atoms with van der Waals surface area (Å²) in [6.07, 6.45) is 3.15. The fourth-order valence-corrected chi connectivity index (χ4v) is 3.87. The van der Waals surface area contributed by atoms with Crippen LogP contribution >= 0.6 is 0 Å². The minimum atomic E-state index is -0.147. The highest BCUT2D eigenvalue weighted by Crippen LogP contribution is 2.23. The molecular formula is C25H22N6O. The summed E-state index contributed by atoms with van der Waals surface area (Å²) in [4.78, 5) is 21.6. The molecule has 7 nitrogen and oxygen atoms in total. The van der Waals surface area contributed by atoms with E-state index >= 15 is 0 Å². The van der Waals surface area contributed by atoms with Crippen LogP contribution in [0.3, 0.4) is 0 Å². The number of hydrogen-bond donors (Lipinski definition) is 1. The molecule has 1 N–H and O–H groups in total. The molecule has 5 rings (SSSR count). The molecule has 0 saturated heterocycles. The van der Waals surface area contributed by atoms with Crippen LogP contribution in [0.25, 0.3) is 22.4 Å². The Bertz CT molecular complexity index is 1370. The number of para-hydroxylation sites is 1. The third-order valence-electron chi connectivity index (χ3n) is 5.52. The van der Waals surface area contributed by atoms with Crippen LogP contribution in [0, 0.1) is 6.92 Å². The van der Waals surface area contributed by atoms with Gasteiger partial charge in [-0.3, -0.25) is 9.36 Å². The number of benzene rings is 3. The molecule has 5 aromatic rings. The van der Waals surface area contributed by atoms with Gasteiger partial charge in [0, 0.05) is 11.3 Å². The van der Waals surface area contributed by atoms with Crippen molar-refractivity contribution in [2.45, 2.75) is 19.9 Å². The quantitative estimate of drug-likeness (QED) is 0.455. The summed E-state index contributed by atoms with van der Waals surface area (Å²) >= 11 is 0. The Balaban J connectivity index is 1.35. The predicted octanol–water partition coefficient (Wildman–Crippen LogP) is 4.41. The van der Waals surface area contributed by atoms with E-state index in [1.807, 2.05) is 86.6 Å². The van der Waals surface area contributed by atoms with Crippen molar-refractivity contribution in [1.29, 1.82) is 0 Å². The Morgan fingerprint density at radius 1 is 0.969 bits per heavy atom. The van der Waals surface area contributed by atoms with Gasteiger partial charge in [-0.25, -0.2) is 14.6 Å². The zero-order valence-corrected chi connectivity index (χ0v) is 17.8. The van der Waals surface area contributed by atoms with Crippen LogP contribution in [0.15, 0.2) is 85.5 Å². The Morgan fingerprint density at radius 2 is 1.75 bits per heavy atom. The molecule has 1 atom stereocenters. The van der Waals surface area contributed by atoms with E-state index in [0.29, 0.717) is 5.56 Å². The van der Waals surface area contributed by atoms with Crippen molar-refractivity contribution in [3.8, 4) is 11.4 Å². The molecule has 7 heteroatoms. The number of carbonyl (C=O) groups excluding carboxylic acids is 1. The molecule has 32 heavy (non-hydrogen) atoms. The van der Waals surface area contributed by atoms with Gasteiger partial charge < -0.3 is 5.32 Å². The van der Waals surface area contributed by atoms with Crippen LogP contribution in [-0.2, 0) is 0 Å². The lowest BCUT2D eigenvalue weighted by molar-refractivity contribution is 0.0940. The number of hydrogen-bond acceptors (Lipinski definition) is 4. The van der Waals surface area contributed by atoms with Gasteiger partial charge in [-0.05, 0) is 61.9 Å². The number of amides is 1. The largest absolute Gasteiger partial charge is 0.346 e. The standard InChI is InChI=1S/C25H22N6O/c1-17(19-8-11-21(12-9-19)30-16-26-15-27-30)28-25(32)20-10-13-24-23(14-20)29-18(2)31(24)22-6-4-3-5-7-22/h3-17H,1-2H3,(H,28,32). The number of aromatic nitrogens is 5. The number of rotatable bonds is 5. The normalized spacial score (nSPS) is 12.1.